The van der Waals surface area contributed by atoms with Crippen LogP contribution in [-0.4, -0.2) is 19.5 Å². The number of aromatic nitrogens is 4. The average molecular weight is 751 g/mol. The van der Waals surface area contributed by atoms with Gasteiger partial charge in [0.05, 0.1) is 32.9 Å². The van der Waals surface area contributed by atoms with E-state index in [1.807, 2.05) is 0 Å². The lowest BCUT2D eigenvalue weighted by Gasteiger charge is -2.11. The van der Waals surface area contributed by atoms with Gasteiger partial charge < -0.3 is 8.83 Å². The number of furan rings is 2. The van der Waals surface area contributed by atoms with Gasteiger partial charge in [0.2, 0.25) is 5.95 Å². The van der Waals surface area contributed by atoms with Crippen molar-refractivity contribution in [1.82, 2.24) is 19.5 Å². The number of hydrogen-bond acceptors (Lipinski definition) is 5. The summed E-state index contributed by atoms with van der Waals surface area (Å²) in [5.41, 5.74) is -2.97. The van der Waals surface area contributed by atoms with E-state index in [2.05, 4.69) is 4.98 Å². The second-order valence-corrected chi connectivity index (χ2v) is 12.8. The van der Waals surface area contributed by atoms with Crippen molar-refractivity contribution in [3.8, 4) is 51.0 Å². The zero-order chi connectivity index (χ0) is 54.9. The Hall–Kier alpha value is -7.83. The predicted molar refractivity (Wildman–Crippen MR) is 230 cm³/mol. The summed E-state index contributed by atoms with van der Waals surface area (Å²) >= 11 is 0. The van der Waals surface area contributed by atoms with Crippen LogP contribution in [0.25, 0.3) is 117 Å². The number of fused-ring (bicyclic) bond motifs is 10. The van der Waals surface area contributed by atoms with Crippen LogP contribution in [0, 0.1) is 0 Å². The van der Waals surface area contributed by atoms with Crippen LogP contribution in [0.5, 0.6) is 0 Å². The van der Waals surface area contributed by atoms with E-state index in [4.69, 9.17) is 35.3 Å². The molecule has 0 aliphatic carbocycles. The van der Waals surface area contributed by atoms with Gasteiger partial charge in [-0.1, -0.05) is 139 Å². The molecule has 57 heavy (non-hydrogen) atoms. The molecule has 6 nitrogen and oxygen atoms in total. The Morgan fingerprint density at radius 1 is 0.439 bits per heavy atom. The summed E-state index contributed by atoms with van der Waals surface area (Å²) in [5, 5.41) is -1.54. The van der Waals surface area contributed by atoms with Crippen LogP contribution in [-0.2, 0) is 0 Å². The average Bonchev–Trinajstić information content (AvgIpc) is 3.87. The fraction of sp³-hybridized carbons (Fsp3) is 0. The first-order valence-corrected chi connectivity index (χ1v) is 17.4. The van der Waals surface area contributed by atoms with Crippen molar-refractivity contribution in [2.24, 2.45) is 0 Å². The number of benzene rings is 8. The van der Waals surface area contributed by atoms with Crippen LogP contribution >= 0.6 is 0 Å². The summed E-state index contributed by atoms with van der Waals surface area (Å²) in [6.45, 7) is 0. The minimum atomic E-state index is -0.779. The van der Waals surface area contributed by atoms with Crippen molar-refractivity contribution < 1.29 is 36.2 Å². The molecule has 266 valence electrons. The van der Waals surface area contributed by atoms with Gasteiger partial charge in [-0.3, -0.25) is 4.57 Å². The van der Waals surface area contributed by atoms with E-state index in [0.29, 0.717) is 11.1 Å². The summed E-state index contributed by atoms with van der Waals surface area (Å²) in [5.74, 6) is -1.15. The molecule has 0 fully saturated rings. The van der Waals surface area contributed by atoms with Gasteiger partial charge in [-0.05, 0) is 64.6 Å². The molecule has 0 saturated carbocycles. The molecule has 0 amide bonds. The topological polar surface area (TPSA) is 69.9 Å². The molecule has 0 radical (unpaired) electrons. The molecule has 0 spiro atoms. The van der Waals surface area contributed by atoms with Crippen LogP contribution in [0.2, 0.25) is 0 Å². The monoisotopic (exact) mass is 750 g/mol. The van der Waals surface area contributed by atoms with Gasteiger partial charge in [0, 0.05) is 43.4 Å². The van der Waals surface area contributed by atoms with Gasteiger partial charge in [0.1, 0.15) is 22.3 Å². The quantitative estimate of drug-likeness (QED) is 0.175. The molecule has 0 saturated heterocycles. The molecular weight excluding hydrogens is 701 g/mol. The minimum absolute atomic E-state index is 0.0312. The lowest BCUT2D eigenvalue weighted by molar-refractivity contribution is 0.669. The van der Waals surface area contributed by atoms with Crippen molar-refractivity contribution in [2.75, 3.05) is 0 Å². The van der Waals surface area contributed by atoms with Crippen LogP contribution in [0.1, 0.15) is 27.4 Å². The second kappa shape index (κ2) is 12.3. The maximum atomic E-state index is 9.71. The Labute approximate surface area is 354 Å². The summed E-state index contributed by atoms with van der Waals surface area (Å²) < 4.78 is 194. The van der Waals surface area contributed by atoms with Crippen molar-refractivity contribution in [3.63, 3.8) is 0 Å². The van der Waals surface area contributed by atoms with Crippen molar-refractivity contribution >= 4 is 65.7 Å². The third-order valence-electron chi connectivity index (χ3n) is 9.55. The molecule has 0 N–H and O–H groups in total. The minimum Gasteiger partial charge on any atom is -0.456 e. The molecule has 0 atom stereocenters. The first kappa shape index (κ1) is 17.8. The molecule has 4 heterocycles. The highest BCUT2D eigenvalue weighted by Gasteiger charge is 2.23. The van der Waals surface area contributed by atoms with E-state index >= 15 is 0 Å². The molecule has 0 aliphatic heterocycles. The highest BCUT2D eigenvalue weighted by molar-refractivity contribution is 6.21. The van der Waals surface area contributed by atoms with Gasteiger partial charge in [-0.25, -0.2) is 4.98 Å². The lowest BCUT2D eigenvalue weighted by Crippen LogP contribution is -2.06. The maximum absolute atomic E-state index is 9.71. The van der Waals surface area contributed by atoms with Crippen LogP contribution in [0.15, 0.2) is 190 Å². The van der Waals surface area contributed by atoms with Crippen molar-refractivity contribution in [2.45, 2.75) is 0 Å². The molecule has 6 heteroatoms. The van der Waals surface area contributed by atoms with E-state index < -0.39 is 148 Å². The summed E-state index contributed by atoms with van der Waals surface area (Å²) in [4.78, 5) is 14.2. The third-order valence-corrected chi connectivity index (χ3v) is 9.55. The lowest BCUT2D eigenvalue weighted by atomic mass is 9.99. The SMILES string of the molecule is [2H]c1c([2H])c([2H])c(-c2c([2H])c([2H])c([2H])c3oc4c([2H])c(-c5nc(-c6ccccc6)nc(-n6c7c([2H])c([2H])c([2H])c([2H])c7c7c([2H])c([2H])c8c(oc9c([2H])c([2H])c(-c%10ccccc%10)c([2H])c98)c76)n5)c([2H])c([2H])c4c23)c([2H])c1[2H]. The molecule has 12 aromatic rings. The van der Waals surface area contributed by atoms with Crippen LogP contribution in [0.4, 0.5) is 0 Å². The Kier molecular flexibility index (Phi) is 3.85. The van der Waals surface area contributed by atoms with Gasteiger partial charge in [-0.2, -0.15) is 9.97 Å². The number of hydrogen-bond donors (Lipinski definition) is 0. The van der Waals surface area contributed by atoms with E-state index in [9.17, 15) is 11.0 Å². The Morgan fingerprint density at radius 3 is 2.00 bits per heavy atom. The van der Waals surface area contributed by atoms with E-state index in [1.165, 1.54) is 0 Å². The third kappa shape index (κ3) is 4.94. The molecular formula is C51H30N4O2. The number of rotatable bonds is 5. The molecule has 0 bridgehead atoms. The van der Waals surface area contributed by atoms with E-state index in [0.717, 1.165) is 4.57 Å². The number of para-hydroxylation sites is 1. The van der Waals surface area contributed by atoms with Crippen LogP contribution in [0.3, 0.4) is 0 Å². The second-order valence-electron chi connectivity index (χ2n) is 12.8. The normalized spacial score (nSPS) is 16.8. The molecule has 0 unspecified atom stereocenters. The van der Waals surface area contributed by atoms with Crippen molar-refractivity contribution in [3.05, 3.63) is 182 Å². The molecule has 8 aromatic carbocycles. The molecule has 0 aliphatic rings. The summed E-state index contributed by atoms with van der Waals surface area (Å²) in [6.07, 6.45) is 0. The Morgan fingerprint density at radius 2 is 1.16 bits per heavy atom. The Bertz CT molecular complexity index is 4660. The van der Waals surface area contributed by atoms with E-state index in [1.54, 1.807) is 60.7 Å². The first-order chi connectivity index (χ1) is 36.6. The van der Waals surface area contributed by atoms with Gasteiger partial charge in [0.15, 0.2) is 17.2 Å². The molecule has 4 aromatic heterocycles. The fourth-order valence-electron chi connectivity index (χ4n) is 7.02. The zero-order valence-corrected chi connectivity index (χ0v) is 28.9. The summed E-state index contributed by atoms with van der Waals surface area (Å²) in [6, 6.07) is 3.33. The van der Waals surface area contributed by atoms with Crippen molar-refractivity contribution in [1.29, 1.82) is 0 Å². The standard InChI is InChI=1S/C51H30N4O2/c1-4-13-31(14-5-1)34-24-28-43-41(29-34)39-27-26-38-37-19-10-11-21-42(37)55(47(38)48(39)57-43)51-53-49(33-17-8-3-9-18-33)52-50(54-51)35-23-25-40-45(30-35)56-44-22-12-20-36(46(40)44)32-15-6-2-7-16-32/h1-30H/i2D,6D,7D,10D,11D,12D,15D,16D,19D,20D,21D,22D,23D,24D,25D,26D,27D,28D,29D,30D. The zero-order valence-electron chi connectivity index (χ0n) is 48.9. The predicted octanol–water partition coefficient (Wildman–Crippen LogP) is 13.4. The van der Waals surface area contributed by atoms with Gasteiger partial charge in [-0.15, -0.1) is 0 Å². The van der Waals surface area contributed by atoms with E-state index in [-0.39, 0.29) is 78.0 Å². The number of nitrogens with zero attached hydrogens (tertiary/aromatic N) is 4. The van der Waals surface area contributed by atoms with Gasteiger partial charge >= 0.3 is 0 Å². The molecule has 12 rings (SSSR count). The van der Waals surface area contributed by atoms with Crippen LogP contribution < -0.4 is 0 Å². The highest BCUT2D eigenvalue weighted by atomic mass is 16.3. The van der Waals surface area contributed by atoms with Gasteiger partial charge in [0.25, 0.3) is 0 Å². The Balaban J connectivity index is 1.24. The largest absolute Gasteiger partial charge is 0.456 e. The smallest absolute Gasteiger partial charge is 0.238 e. The highest BCUT2D eigenvalue weighted by Crippen LogP contribution is 2.42. The fourth-order valence-corrected chi connectivity index (χ4v) is 7.02. The maximum Gasteiger partial charge on any atom is 0.238 e. The summed E-state index contributed by atoms with van der Waals surface area (Å²) in [7, 11) is 0. The first-order valence-electron chi connectivity index (χ1n) is 27.4.